The molecule has 5 aromatic rings. The Morgan fingerprint density at radius 1 is 0.769 bits per heavy atom. The molecular formula is C39H34Cl4N2O7. The Labute approximate surface area is 321 Å². The van der Waals surface area contributed by atoms with Crippen LogP contribution >= 0.6 is 46.4 Å². The fraction of sp³-hybridized carbons (Fsp3) is 0.154. The maximum atomic E-state index is 11.9. The number of phenols is 2. The Hall–Kier alpha value is -4.77. The molecule has 1 heterocycles. The number of allylic oxidation sites excluding steroid dienone is 2. The van der Waals surface area contributed by atoms with Crippen LogP contribution in [-0.4, -0.2) is 45.6 Å². The summed E-state index contributed by atoms with van der Waals surface area (Å²) in [5.41, 5.74) is 3.03. The van der Waals surface area contributed by atoms with E-state index < -0.39 is 0 Å². The zero-order valence-electron chi connectivity index (χ0n) is 28.0. The molecule has 0 fully saturated rings. The molecule has 1 unspecified atom stereocenters. The van der Waals surface area contributed by atoms with Crippen LogP contribution in [0.3, 0.4) is 0 Å². The zero-order chi connectivity index (χ0) is 37.6. The van der Waals surface area contributed by atoms with Crippen LogP contribution in [0.15, 0.2) is 104 Å². The highest BCUT2D eigenvalue weighted by atomic mass is 35.5. The number of hydrogen-bond acceptors (Lipinski definition) is 8. The van der Waals surface area contributed by atoms with Gasteiger partial charge in [0.2, 0.25) is 0 Å². The van der Waals surface area contributed by atoms with E-state index in [2.05, 4.69) is 4.98 Å². The lowest BCUT2D eigenvalue weighted by atomic mass is 10.1. The SMILES string of the molecule is COc1cc(/C=C/C(=O)CC(=O)/C=C/c2ccc(O)c(OC)c2)ccc1O.Clc1ccc(COC(Cn2ccnc2)c2ccc(Cl)cc2Cl)c(Cl)c1. The molecule has 5 rings (SSSR count). The molecule has 0 aliphatic carbocycles. The van der Waals surface area contributed by atoms with Crippen molar-refractivity contribution in [2.24, 2.45) is 0 Å². The molecule has 0 aliphatic rings. The van der Waals surface area contributed by atoms with Gasteiger partial charge in [-0.05, 0) is 77.4 Å². The number of halogens is 4. The Bertz CT molecular complexity index is 1980. The van der Waals surface area contributed by atoms with E-state index in [9.17, 15) is 19.8 Å². The monoisotopic (exact) mass is 782 g/mol. The quantitative estimate of drug-likeness (QED) is 0.0844. The summed E-state index contributed by atoms with van der Waals surface area (Å²) in [6, 6.07) is 20.0. The molecule has 0 amide bonds. The standard InChI is InChI=1S/C21H20O6.C18H14Cl4N2O/c1-26-20-11-14(5-9-18(20)24)3-7-16(22)13-17(23)8-4-15-6-10-19(25)21(12-15)27-2;19-13-2-1-12(16(21)7-13)10-25-18(9-24-6-5-23-11-24)15-4-3-14(20)8-17(15)22/h3-12,24-25H,13H2,1-2H3;1-8,11,18H,9-10H2/b7-3+,8-4+;. The highest BCUT2D eigenvalue weighted by Crippen LogP contribution is 2.32. The van der Waals surface area contributed by atoms with Crippen LogP contribution in [0, 0.1) is 0 Å². The lowest BCUT2D eigenvalue weighted by Crippen LogP contribution is -2.12. The van der Waals surface area contributed by atoms with Gasteiger partial charge < -0.3 is 29.0 Å². The molecule has 0 aliphatic heterocycles. The summed E-state index contributed by atoms with van der Waals surface area (Å²) in [5, 5.41) is 21.4. The van der Waals surface area contributed by atoms with Crippen molar-refractivity contribution in [2.75, 3.05) is 14.2 Å². The normalized spacial score (nSPS) is 11.7. The zero-order valence-corrected chi connectivity index (χ0v) is 31.0. The minimum absolute atomic E-state index is 0.00662. The third kappa shape index (κ3) is 12.2. The van der Waals surface area contributed by atoms with E-state index in [1.54, 1.807) is 73.2 Å². The van der Waals surface area contributed by atoms with Gasteiger partial charge in [0.05, 0.1) is 40.1 Å². The molecule has 270 valence electrons. The molecule has 52 heavy (non-hydrogen) atoms. The van der Waals surface area contributed by atoms with Crippen molar-refractivity contribution in [3.05, 3.63) is 146 Å². The van der Waals surface area contributed by atoms with Crippen LogP contribution in [0.5, 0.6) is 23.0 Å². The third-order valence-corrected chi connectivity index (χ3v) is 8.53. The number of methoxy groups -OCH3 is 2. The predicted octanol–water partition coefficient (Wildman–Crippen LogP) is 9.82. The Balaban J connectivity index is 0.000000233. The molecule has 9 nitrogen and oxygen atoms in total. The minimum Gasteiger partial charge on any atom is -0.504 e. The number of benzene rings is 4. The van der Waals surface area contributed by atoms with Gasteiger partial charge in [0, 0.05) is 38.0 Å². The number of ketones is 2. The summed E-state index contributed by atoms with van der Waals surface area (Å²) in [7, 11) is 2.87. The van der Waals surface area contributed by atoms with Crippen LogP contribution in [-0.2, 0) is 27.5 Å². The first kappa shape index (κ1) is 40.0. The molecule has 0 bridgehead atoms. The molecular weight excluding hydrogens is 750 g/mol. The number of hydrogen-bond donors (Lipinski definition) is 2. The van der Waals surface area contributed by atoms with Crippen molar-refractivity contribution >= 4 is 70.1 Å². The molecule has 13 heteroatoms. The third-order valence-electron chi connectivity index (χ3n) is 7.38. The first-order valence-electron chi connectivity index (χ1n) is 15.6. The number of rotatable bonds is 14. The fourth-order valence-corrected chi connectivity index (χ4v) is 5.68. The van der Waals surface area contributed by atoms with Crippen molar-refractivity contribution in [1.82, 2.24) is 9.55 Å². The van der Waals surface area contributed by atoms with E-state index >= 15 is 0 Å². The average molecular weight is 785 g/mol. The maximum absolute atomic E-state index is 11.9. The fourth-order valence-electron chi connectivity index (χ4n) is 4.68. The molecule has 2 N–H and O–H groups in total. The largest absolute Gasteiger partial charge is 0.504 e. The highest BCUT2D eigenvalue weighted by Gasteiger charge is 2.18. The van der Waals surface area contributed by atoms with Gasteiger partial charge in [0.1, 0.15) is 6.10 Å². The van der Waals surface area contributed by atoms with Crippen LogP contribution in [0.25, 0.3) is 12.2 Å². The number of aromatic hydroxyl groups is 2. The second-order valence-corrected chi connectivity index (χ2v) is 12.8. The van der Waals surface area contributed by atoms with Gasteiger partial charge in [0.25, 0.3) is 0 Å². The van der Waals surface area contributed by atoms with Crippen molar-refractivity contribution in [1.29, 1.82) is 0 Å². The Kier molecular flexibility index (Phi) is 15.2. The van der Waals surface area contributed by atoms with E-state index in [0.717, 1.165) is 11.1 Å². The van der Waals surface area contributed by atoms with Gasteiger partial charge >= 0.3 is 0 Å². The Morgan fingerprint density at radius 2 is 1.33 bits per heavy atom. The van der Waals surface area contributed by atoms with E-state index in [1.807, 2.05) is 22.9 Å². The lowest BCUT2D eigenvalue weighted by molar-refractivity contribution is -0.121. The summed E-state index contributed by atoms with van der Waals surface area (Å²) in [6.45, 7) is 0.890. The van der Waals surface area contributed by atoms with Crippen LogP contribution < -0.4 is 9.47 Å². The van der Waals surface area contributed by atoms with Gasteiger partial charge in [-0.1, -0.05) is 82.8 Å². The number of aromatic nitrogens is 2. The van der Waals surface area contributed by atoms with Gasteiger partial charge in [-0.15, -0.1) is 0 Å². The number of carbonyl (C=O) groups excluding carboxylic acids is 2. The topological polar surface area (TPSA) is 120 Å². The Morgan fingerprint density at radius 3 is 1.83 bits per heavy atom. The molecule has 1 atom stereocenters. The number of phenolic OH excluding ortho intramolecular Hbond substituents is 2. The molecule has 0 saturated carbocycles. The first-order chi connectivity index (χ1) is 24.9. The predicted molar refractivity (Wildman–Crippen MR) is 205 cm³/mol. The number of carbonyl (C=O) groups is 2. The number of ether oxygens (including phenoxy) is 3. The second-order valence-electron chi connectivity index (χ2n) is 11.1. The average Bonchev–Trinajstić information content (AvgIpc) is 3.63. The number of imidazole rings is 1. The van der Waals surface area contributed by atoms with E-state index in [-0.39, 0.29) is 35.6 Å². The van der Waals surface area contributed by atoms with Crippen LogP contribution in [0.1, 0.15) is 34.8 Å². The van der Waals surface area contributed by atoms with Gasteiger partial charge in [0.15, 0.2) is 34.6 Å². The molecule has 1 aromatic heterocycles. The van der Waals surface area contributed by atoms with Crippen molar-refractivity contribution in [3.63, 3.8) is 0 Å². The van der Waals surface area contributed by atoms with Crippen molar-refractivity contribution in [3.8, 4) is 23.0 Å². The highest BCUT2D eigenvalue weighted by molar-refractivity contribution is 6.35. The van der Waals surface area contributed by atoms with Gasteiger partial charge in [-0.25, -0.2) is 4.98 Å². The van der Waals surface area contributed by atoms with Crippen LogP contribution in [0.2, 0.25) is 20.1 Å². The minimum atomic E-state index is -0.347. The summed E-state index contributed by atoms with van der Waals surface area (Å²) >= 11 is 24.5. The smallest absolute Gasteiger partial charge is 0.163 e. The molecule has 4 aromatic carbocycles. The van der Waals surface area contributed by atoms with E-state index in [4.69, 9.17) is 60.6 Å². The molecule has 0 saturated heterocycles. The maximum Gasteiger partial charge on any atom is 0.163 e. The second kappa shape index (κ2) is 19.7. The van der Waals surface area contributed by atoms with Crippen molar-refractivity contribution in [2.45, 2.75) is 25.7 Å². The van der Waals surface area contributed by atoms with Gasteiger partial charge in [-0.3, -0.25) is 9.59 Å². The van der Waals surface area contributed by atoms with Gasteiger partial charge in [-0.2, -0.15) is 0 Å². The van der Waals surface area contributed by atoms with E-state index in [1.165, 1.54) is 38.5 Å². The first-order valence-corrected chi connectivity index (χ1v) is 17.1. The molecule has 0 radical (unpaired) electrons. The summed E-state index contributed by atoms with van der Waals surface area (Å²) in [4.78, 5) is 27.9. The summed E-state index contributed by atoms with van der Waals surface area (Å²) in [5.74, 6) is -0.0832. The summed E-state index contributed by atoms with van der Waals surface area (Å²) in [6.07, 6.45) is 10.5. The van der Waals surface area contributed by atoms with E-state index in [0.29, 0.717) is 55.9 Å². The lowest BCUT2D eigenvalue weighted by Gasteiger charge is -2.21. The molecule has 0 spiro atoms. The number of nitrogens with zero attached hydrogens (tertiary/aromatic N) is 2. The summed E-state index contributed by atoms with van der Waals surface area (Å²) < 4.78 is 18.1. The van der Waals surface area contributed by atoms with Crippen molar-refractivity contribution < 1.29 is 34.0 Å². The van der Waals surface area contributed by atoms with Crippen LogP contribution in [0.4, 0.5) is 0 Å².